The Labute approximate surface area is 137 Å². The highest BCUT2D eigenvalue weighted by molar-refractivity contribution is 5.75. The van der Waals surface area contributed by atoms with E-state index in [0.29, 0.717) is 0 Å². The maximum Gasteiger partial charge on any atom is -0.0184 e. The van der Waals surface area contributed by atoms with Crippen molar-refractivity contribution in [2.45, 2.75) is 59.8 Å². The zero-order valence-corrected chi connectivity index (χ0v) is 14.8. The normalized spacial score (nSPS) is 14.1. The second kappa shape index (κ2) is 11.1. The molecule has 0 N–H and O–H groups in total. The monoisotopic (exact) mass is 296 g/mol. The van der Waals surface area contributed by atoms with Crippen LogP contribution < -0.4 is 0 Å². The molecular formula is C22H32. The van der Waals surface area contributed by atoms with Crippen LogP contribution in [0.3, 0.4) is 0 Å². The fourth-order valence-corrected chi connectivity index (χ4v) is 2.66. The van der Waals surface area contributed by atoms with E-state index in [9.17, 15) is 0 Å². The SMILES string of the molecule is C\C=C/C(=C\C=C\C(CCC)CCCC)c1ccc(C)cc1. The first-order valence-corrected chi connectivity index (χ1v) is 8.79. The van der Waals surface area contributed by atoms with Gasteiger partial charge in [0.2, 0.25) is 0 Å². The van der Waals surface area contributed by atoms with Crippen LogP contribution in [0, 0.1) is 12.8 Å². The minimum absolute atomic E-state index is 0.728. The van der Waals surface area contributed by atoms with Crippen LogP contribution in [0.25, 0.3) is 5.57 Å². The molecule has 0 saturated heterocycles. The van der Waals surface area contributed by atoms with Crippen LogP contribution in [-0.4, -0.2) is 0 Å². The maximum absolute atomic E-state index is 2.40. The van der Waals surface area contributed by atoms with Crippen LogP contribution >= 0.6 is 0 Å². The van der Waals surface area contributed by atoms with Gasteiger partial charge in [0, 0.05) is 0 Å². The van der Waals surface area contributed by atoms with Crippen molar-refractivity contribution in [1.29, 1.82) is 0 Å². The van der Waals surface area contributed by atoms with Crippen LogP contribution in [0.5, 0.6) is 0 Å². The average molecular weight is 296 g/mol. The zero-order chi connectivity index (χ0) is 16.2. The Bertz CT molecular complexity index is 485. The van der Waals surface area contributed by atoms with Crippen LogP contribution in [-0.2, 0) is 0 Å². The van der Waals surface area contributed by atoms with E-state index in [1.165, 1.54) is 48.8 Å². The number of allylic oxidation sites excluding steroid dienone is 6. The Morgan fingerprint density at radius 2 is 1.77 bits per heavy atom. The molecule has 120 valence electrons. The van der Waals surface area contributed by atoms with E-state index in [1.807, 2.05) is 0 Å². The van der Waals surface area contributed by atoms with Gasteiger partial charge < -0.3 is 0 Å². The third-order valence-corrected chi connectivity index (χ3v) is 3.98. The van der Waals surface area contributed by atoms with Gasteiger partial charge >= 0.3 is 0 Å². The fourth-order valence-electron chi connectivity index (χ4n) is 2.66. The topological polar surface area (TPSA) is 0 Å². The Hall–Kier alpha value is -1.56. The van der Waals surface area contributed by atoms with E-state index in [4.69, 9.17) is 0 Å². The van der Waals surface area contributed by atoms with Crippen LogP contribution in [0.4, 0.5) is 0 Å². The van der Waals surface area contributed by atoms with Crippen molar-refractivity contribution in [3.8, 4) is 0 Å². The molecule has 0 heterocycles. The van der Waals surface area contributed by atoms with Gasteiger partial charge in [0.25, 0.3) is 0 Å². The first kappa shape index (κ1) is 18.5. The average Bonchev–Trinajstić information content (AvgIpc) is 2.52. The summed E-state index contributed by atoms with van der Waals surface area (Å²) in [7, 11) is 0. The van der Waals surface area contributed by atoms with Gasteiger partial charge in [-0.05, 0) is 43.7 Å². The predicted molar refractivity (Wildman–Crippen MR) is 101 cm³/mol. The number of hydrogen-bond donors (Lipinski definition) is 0. The van der Waals surface area contributed by atoms with Gasteiger partial charge in [-0.25, -0.2) is 0 Å². The largest absolute Gasteiger partial charge is 0.0870 e. The molecule has 0 aromatic heterocycles. The summed E-state index contributed by atoms with van der Waals surface area (Å²) in [6, 6.07) is 8.76. The van der Waals surface area contributed by atoms with Crippen LogP contribution in [0.1, 0.15) is 64.0 Å². The van der Waals surface area contributed by atoms with Gasteiger partial charge in [-0.15, -0.1) is 0 Å². The lowest BCUT2D eigenvalue weighted by Crippen LogP contribution is -1.95. The van der Waals surface area contributed by atoms with Crippen molar-refractivity contribution in [3.63, 3.8) is 0 Å². The molecule has 0 amide bonds. The van der Waals surface area contributed by atoms with E-state index >= 15 is 0 Å². The maximum atomic E-state index is 2.40. The predicted octanol–water partition coefficient (Wildman–Crippen LogP) is 7.12. The van der Waals surface area contributed by atoms with Gasteiger partial charge in [-0.2, -0.15) is 0 Å². The van der Waals surface area contributed by atoms with Crippen molar-refractivity contribution >= 4 is 5.57 Å². The highest BCUT2D eigenvalue weighted by Crippen LogP contribution is 2.19. The standard InChI is InChI=1S/C22H32/c1-5-8-12-20(10-6-2)13-9-14-21(11-7-3)22-17-15-19(4)16-18-22/h7,9,11,13-18,20H,5-6,8,10,12H2,1-4H3/b11-7-,13-9+,21-14+. The lowest BCUT2D eigenvalue weighted by molar-refractivity contribution is 0.512. The Morgan fingerprint density at radius 3 is 2.36 bits per heavy atom. The zero-order valence-electron chi connectivity index (χ0n) is 14.8. The third kappa shape index (κ3) is 6.93. The van der Waals surface area contributed by atoms with Crippen molar-refractivity contribution in [3.05, 3.63) is 65.8 Å². The molecule has 0 spiro atoms. The first-order chi connectivity index (χ1) is 10.7. The van der Waals surface area contributed by atoms with E-state index in [2.05, 4.69) is 82.3 Å². The number of aryl methyl sites for hydroxylation is 1. The van der Waals surface area contributed by atoms with Crippen molar-refractivity contribution in [1.82, 2.24) is 0 Å². The number of unbranched alkanes of at least 4 members (excludes halogenated alkanes) is 1. The summed E-state index contributed by atoms with van der Waals surface area (Å²) in [6.07, 6.45) is 17.7. The van der Waals surface area contributed by atoms with E-state index in [-0.39, 0.29) is 0 Å². The molecule has 1 rings (SSSR count). The minimum Gasteiger partial charge on any atom is -0.0870 e. The van der Waals surface area contributed by atoms with Gasteiger partial charge in [-0.1, -0.05) is 93.3 Å². The molecule has 0 aliphatic heterocycles. The summed E-state index contributed by atoms with van der Waals surface area (Å²) in [5.74, 6) is 0.728. The third-order valence-electron chi connectivity index (χ3n) is 3.98. The van der Waals surface area contributed by atoms with E-state index in [0.717, 1.165) is 5.92 Å². The summed E-state index contributed by atoms with van der Waals surface area (Å²) in [5, 5.41) is 0. The molecule has 1 unspecified atom stereocenters. The minimum atomic E-state index is 0.728. The number of hydrogen-bond acceptors (Lipinski definition) is 0. The van der Waals surface area contributed by atoms with Gasteiger partial charge in [0.15, 0.2) is 0 Å². The van der Waals surface area contributed by atoms with Crippen LogP contribution in [0.2, 0.25) is 0 Å². The molecule has 1 atom stereocenters. The van der Waals surface area contributed by atoms with E-state index in [1.54, 1.807) is 0 Å². The smallest absolute Gasteiger partial charge is 0.0184 e. The number of benzene rings is 1. The first-order valence-electron chi connectivity index (χ1n) is 8.79. The summed E-state index contributed by atoms with van der Waals surface area (Å²) >= 11 is 0. The molecule has 22 heavy (non-hydrogen) atoms. The van der Waals surface area contributed by atoms with Gasteiger partial charge in [0.05, 0.1) is 0 Å². The molecule has 0 radical (unpaired) electrons. The summed E-state index contributed by atoms with van der Waals surface area (Å²) in [5.41, 5.74) is 3.88. The summed E-state index contributed by atoms with van der Waals surface area (Å²) in [6.45, 7) is 8.76. The second-order valence-corrected chi connectivity index (χ2v) is 6.06. The summed E-state index contributed by atoms with van der Waals surface area (Å²) < 4.78 is 0. The molecule has 0 heteroatoms. The molecular weight excluding hydrogens is 264 g/mol. The van der Waals surface area contributed by atoms with E-state index < -0.39 is 0 Å². The lowest BCUT2D eigenvalue weighted by atomic mass is 9.96. The van der Waals surface area contributed by atoms with Crippen molar-refractivity contribution in [2.75, 3.05) is 0 Å². The second-order valence-electron chi connectivity index (χ2n) is 6.06. The number of rotatable bonds is 9. The highest BCUT2D eigenvalue weighted by Gasteiger charge is 2.02. The molecule has 0 aliphatic rings. The quantitative estimate of drug-likeness (QED) is 0.426. The van der Waals surface area contributed by atoms with Crippen molar-refractivity contribution < 1.29 is 0 Å². The highest BCUT2D eigenvalue weighted by atomic mass is 14.1. The lowest BCUT2D eigenvalue weighted by Gasteiger charge is -2.10. The van der Waals surface area contributed by atoms with Crippen molar-refractivity contribution in [2.24, 2.45) is 5.92 Å². The Kier molecular flexibility index (Phi) is 9.30. The molecule has 0 saturated carbocycles. The summed E-state index contributed by atoms with van der Waals surface area (Å²) in [4.78, 5) is 0. The van der Waals surface area contributed by atoms with Crippen LogP contribution in [0.15, 0.2) is 54.6 Å². The molecule has 0 nitrogen and oxygen atoms in total. The molecule has 1 aromatic rings. The molecule has 0 aliphatic carbocycles. The molecule has 0 bridgehead atoms. The molecule has 0 fully saturated rings. The Balaban J connectivity index is 2.83. The fraction of sp³-hybridized carbons (Fsp3) is 0.455. The molecule has 1 aromatic carbocycles. The Morgan fingerprint density at radius 1 is 1.05 bits per heavy atom. The van der Waals surface area contributed by atoms with Gasteiger partial charge in [-0.3, -0.25) is 0 Å². The van der Waals surface area contributed by atoms with Gasteiger partial charge in [0.1, 0.15) is 0 Å².